The molecule has 1 aromatic heterocycles. The minimum atomic E-state index is -0.664. The second kappa shape index (κ2) is 7.23. The van der Waals surface area contributed by atoms with Crippen LogP contribution >= 0.6 is 11.9 Å². The number of benzene rings is 2. The third-order valence-corrected chi connectivity index (χ3v) is 4.32. The van der Waals surface area contributed by atoms with Crippen LogP contribution in [0.5, 0.6) is 0 Å². The Balaban J connectivity index is 1.88. The quantitative estimate of drug-likeness (QED) is 0.393. The van der Waals surface area contributed by atoms with E-state index in [1.54, 1.807) is 10.7 Å². The minimum Gasteiger partial charge on any atom is -0.310 e. The summed E-state index contributed by atoms with van der Waals surface area (Å²) in [5.74, 6) is 0.631. The van der Waals surface area contributed by atoms with Crippen molar-refractivity contribution in [2.75, 3.05) is 4.72 Å². The highest BCUT2D eigenvalue weighted by Crippen LogP contribution is 2.33. The van der Waals surface area contributed by atoms with E-state index < -0.39 is 9.85 Å². The fraction of sp³-hybridized carbons (Fsp3) is 0.0625. The van der Waals surface area contributed by atoms with Gasteiger partial charge in [0.15, 0.2) is 0 Å². The smallest absolute Gasteiger partial charge is 0.291 e. The van der Waals surface area contributed by atoms with Crippen molar-refractivity contribution in [2.45, 2.75) is 11.8 Å². The van der Waals surface area contributed by atoms with Crippen molar-refractivity contribution in [1.29, 1.82) is 0 Å². The fourth-order valence-corrected chi connectivity index (χ4v) is 3.03. The first-order valence-electron chi connectivity index (χ1n) is 7.43. The van der Waals surface area contributed by atoms with Gasteiger partial charge in [-0.1, -0.05) is 18.2 Å². The van der Waals surface area contributed by atoms with Crippen molar-refractivity contribution >= 4 is 29.1 Å². The van der Waals surface area contributed by atoms with Gasteiger partial charge in [0.05, 0.1) is 27.3 Å². The molecular formula is C16H13N5O4S. The van der Waals surface area contributed by atoms with Crippen molar-refractivity contribution in [1.82, 2.24) is 9.78 Å². The summed E-state index contributed by atoms with van der Waals surface area (Å²) in [6, 6.07) is 14.8. The Morgan fingerprint density at radius 3 is 2.42 bits per heavy atom. The normalized spacial score (nSPS) is 10.5. The van der Waals surface area contributed by atoms with Gasteiger partial charge in [-0.25, -0.2) is 4.68 Å². The van der Waals surface area contributed by atoms with Gasteiger partial charge in [0, 0.05) is 12.1 Å². The molecule has 0 amide bonds. The number of hydrogen-bond acceptors (Lipinski definition) is 7. The Hall–Kier alpha value is -3.40. The molecular weight excluding hydrogens is 358 g/mol. The van der Waals surface area contributed by atoms with Crippen molar-refractivity contribution in [2.24, 2.45) is 0 Å². The minimum absolute atomic E-state index is 0.263. The number of nitro groups is 2. The summed E-state index contributed by atoms with van der Waals surface area (Å²) >= 11 is 0.996. The zero-order chi connectivity index (χ0) is 18.7. The molecule has 1 heterocycles. The number of aromatic nitrogens is 2. The van der Waals surface area contributed by atoms with Crippen LogP contribution in [0.4, 0.5) is 17.2 Å². The standard InChI is InChI=1S/C16H13N5O4S/c1-11-9-16(19(17-11)12-5-3-2-4-6-12)18-26-15-8-7-13(20(22)23)10-14(15)21(24)25/h2-10,18H,1H3. The van der Waals surface area contributed by atoms with Gasteiger partial charge in [-0.3, -0.25) is 20.2 Å². The highest BCUT2D eigenvalue weighted by molar-refractivity contribution is 8.00. The van der Waals surface area contributed by atoms with Crippen LogP contribution in [0.15, 0.2) is 59.5 Å². The zero-order valence-electron chi connectivity index (χ0n) is 13.5. The van der Waals surface area contributed by atoms with E-state index in [-0.39, 0.29) is 16.3 Å². The van der Waals surface area contributed by atoms with Gasteiger partial charge in [-0.15, -0.1) is 0 Å². The van der Waals surface area contributed by atoms with Crippen LogP contribution < -0.4 is 4.72 Å². The first-order valence-corrected chi connectivity index (χ1v) is 8.25. The van der Waals surface area contributed by atoms with Crippen LogP contribution in [-0.4, -0.2) is 19.6 Å². The average Bonchev–Trinajstić information content (AvgIpc) is 3.01. The molecule has 0 aliphatic carbocycles. The molecule has 0 atom stereocenters. The summed E-state index contributed by atoms with van der Waals surface area (Å²) in [6.07, 6.45) is 0. The second-order valence-electron chi connectivity index (χ2n) is 5.29. The molecule has 132 valence electrons. The Bertz CT molecular complexity index is 974. The number of hydrogen-bond donors (Lipinski definition) is 1. The summed E-state index contributed by atoms with van der Waals surface area (Å²) in [6.45, 7) is 1.84. The Labute approximate surface area is 152 Å². The van der Waals surface area contributed by atoms with E-state index in [9.17, 15) is 20.2 Å². The van der Waals surface area contributed by atoms with Crippen LogP contribution in [0.2, 0.25) is 0 Å². The van der Waals surface area contributed by atoms with E-state index in [2.05, 4.69) is 9.82 Å². The van der Waals surface area contributed by atoms with E-state index in [0.29, 0.717) is 5.82 Å². The van der Waals surface area contributed by atoms with E-state index in [0.717, 1.165) is 29.4 Å². The molecule has 0 spiro atoms. The predicted molar refractivity (Wildman–Crippen MR) is 97.5 cm³/mol. The lowest BCUT2D eigenvalue weighted by Gasteiger charge is -2.09. The Morgan fingerprint density at radius 2 is 1.77 bits per heavy atom. The van der Waals surface area contributed by atoms with Crippen molar-refractivity contribution in [3.05, 3.63) is 80.5 Å². The molecule has 9 nitrogen and oxygen atoms in total. The second-order valence-corrected chi connectivity index (χ2v) is 6.14. The van der Waals surface area contributed by atoms with Gasteiger partial charge >= 0.3 is 0 Å². The number of non-ortho nitro benzene ring substituents is 1. The summed E-state index contributed by atoms with van der Waals surface area (Å²) in [5, 5.41) is 26.5. The molecule has 0 radical (unpaired) electrons. The van der Waals surface area contributed by atoms with Gasteiger partial charge in [0.25, 0.3) is 11.4 Å². The molecule has 3 rings (SSSR count). The number of rotatable bonds is 6. The van der Waals surface area contributed by atoms with Crippen LogP contribution in [0.25, 0.3) is 5.69 Å². The van der Waals surface area contributed by atoms with Crippen molar-refractivity contribution in [3.8, 4) is 5.69 Å². The lowest BCUT2D eigenvalue weighted by atomic mass is 10.3. The van der Waals surface area contributed by atoms with Crippen LogP contribution in [0.3, 0.4) is 0 Å². The highest BCUT2D eigenvalue weighted by atomic mass is 32.2. The summed E-state index contributed by atoms with van der Waals surface area (Å²) < 4.78 is 4.72. The summed E-state index contributed by atoms with van der Waals surface area (Å²) in [5.41, 5.74) is 0.947. The number of nitrogens with zero attached hydrogens (tertiary/aromatic N) is 4. The Kier molecular flexibility index (Phi) is 4.85. The van der Waals surface area contributed by atoms with E-state index in [4.69, 9.17) is 0 Å². The monoisotopic (exact) mass is 371 g/mol. The molecule has 0 bridgehead atoms. The maximum absolute atomic E-state index is 11.2. The molecule has 3 aromatic rings. The number of nitro benzene ring substituents is 2. The highest BCUT2D eigenvalue weighted by Gasteiger charge is 2.20. The first-order chi connectivity index (χ1) is 12.5. The van der Waals surface area contributed by atoms with Gasteiger partial charge < -0.3 is 4.72 Å². The van der Waals surface area contributed by atoms with E-state index in [1.165, 1.54) is 12.1 Å². The molecule has 0 aliphatic rings. The lowest BCUT2D eigenvalue weighted by Crippen LogP contribution is -2.02. The van der Waals surface area contributed by atoms with Crippen molar-refractivity contribution < 1.29 is 9.85 Å². The third kappa shape index (κ3) is 3.64. The number of aryl methyl sites for hydroxylation is 1. The lowest BCUT2D eigenvalue weighted by molar-refractivity contribution is -0.396. The molecule has 2 aromatic carbocycles. The molecule has 0 saturated heterocycles. The largest absolute Gasteiger partial charge is 0.310 e. The number of anilines is 1. The van der Waals surface area contributed by atoms with Crippen LogP contribution in [0, 0.1) is 27.2 Å². The van der Waals surface area contributed by atoms with Gasteiger partial charge in [-0.05, 0) is 37.1 Å². The first kappa shape index (κ1) is 17.4. The maximum Gasteiger partial charge on any atom is 0.291 e. The summed E-state index contributed by atoms with van der Waals surface area (Å²) in [7, 11) is 0. The van der Waals surface area contributed by atoms with Gasteiger partial charge in [0.1, 0.15) is 10.7 Å². The molecule has 1 N–H and O–H groups in total. The molecule has 10 heteroatoms. The maximum atomic E-state index is 11.2. The van der Waals surface area contributed by atoms with Crippen LogP contribution in [0.1, 0.15) is 5.69 Å². The molecule has 0 aliphatic heterocycles. The van der Waals surface area contributed by atoms with E-state index in [1.807, 2.05) is 37.3 Å². The fourth-order valence-electron chi connectivity index (χ4n) is 2.29. The number of nitrogens with one attached hydrogen (secondary N) is 1. The Morgan fingerprint density at radius 1 is 1.04 bits per heavy atom. The summed E-state index contributed by atoms with van der Waals surface area (Å²) in [4.78, 5) is 21.0. The molecule has 26 heavy (non-hydrogen) atoms. The molecule has 0 unspecified atom stereocenters. The van der Waals surface area contributed by atoms with Gasteiger partial charge in [-0.2, -0.15) is 5.10 Å². The van der Waals surface area contributed by atoms with Crippen molar-refractivity contribution in [3.63, 3.8) is 0 Å². The van der Waals surface area contributed by atoms with Gasteiger partial charge in [0.2, 0.25) is 0 Å². The predicted octanol–water partition coefficient (Wildman–Crippen LogP) is 4.12. The topological polar surface area (TPSA) is 116 Å². The molecule has 0 saturated carbocycles. The SMILES string of the molecule is Cc1cc(NSc2ccc([N+](=O)[O-])cc2[N+](=O)[O-])n(-c2ccccc2)n1. The zero-order valence-corrected chi connectivity index (χ0v) is 14.3. The third-order valence-electron chi connectivity index (χ3n) is 3.45. The molecule has 0 fully saturated rings. The van der Waals surface area contributed by atoms with Crippen LogP contribution in [-0.2, 0) is 0 Å². The van der Waals surface area contributed by atoms with E-state index >= 15 is 0 Å². The number of para-hydroxylation sites is 1. The average molecular weight is 371 g/mol.